The minimum atomic E-state index is -0.558. The van der Waals surface area contributed by atoms with Crippen LogP contribution in [0.4, 0.5) is 0 Å². The Balaban J connectivity index is 1.91. The Hall–Kier alpha value is -2.48. The zero-order chi connectivity index (χ0) is 20.4. The highest BCUT2D eigenvalue weighted by molar-refractivity contribution is 6.05. The number of hydrogen-bond donors (Lipinski definition) is 1. The zero-order valence-electron chi connectivity index (χ0n) is 17.1. The van der Waals surface area contributed by atoms with Gasteiger partial charge >= 0.3 is 5.69 Å². The molecular weight excluding hydrogens is 358 g/mol. The molecule has 0 atom stereocenters. The first-order valence-corrected chi connectivity index (χ1v) is 9.88. The molecule has 1 N–H and O–H groups in total. The topological polar surface area (TPSA) is 91.3 Å². The predicted molar refractivity (Wildman–Crippen MR) is 109 cm³/mol. The third-order valence-electron chi connectivity index (χ3n) is 5.60. The van der Waals surface area contributed by atoms with Gasteiger partial charge in [0.15, 0.2) is 0 Å². The lowest BCUT2D eigenvalue weighted by atomic mass is 9.93. The van der Waals surface area contributed by atoms with Crippen molar-refractivity contribution in [3.63, 3.8) is 0 Å². The lowest BCUT2D eigenvalue weighted by Gasteiger charge is -2.32. The second-order valence-corrected chi connectivity index (χ2v) is 7.86. The molecule has 1 saturated heterocycles. The number of likely N-dealkylation sites (tertiary alicyclic amines) is 1. The first kappa shape index (κ1) is 20.3. The molecule has 8 nitrogen and oxygen atoms in total. The van der Waals surface area contributed by atoms with E-state index in [1.807, 2.05) is 11.8 Å². The molecule has 1 amide bonds. The van der Waals surface area contributed by atoms with E-state index >= 15 is 0 Å². The summed E-state index contributed by atoms with van der Waals surface area (Å²) in [4.78, 5) is 48.4. The van der Waals surface area contributed by atoms with Crippen molar-refractivity contribution in [2.24, 2.45) is 13.0 Å². The van der Waals surface area contributed by atoms with E-state index in [4.69, 9.17) is 0 Å². The van der Waals surface area contributed by atoms with E-state index in [9.17, 15) is 14.4 Å². The molecule has 2 aromatic rings. The zero-order valence-corrected chi connectivity index (χ0v) is 17.1. The standard InChI is InChI=1S/C20H29N5O3/c1-5-14-12-15(16-17(21-14)24(4)20(28)22-18(16)26)19(27)25-10-7-13(8-11-25)6-9-23(2)3/h12-13H,5-11H2,1-4H3,(H,22,26,28). The summed E-state index contributed by atoms with van der Waals surface area (Å²) in [7, 11) is 5.70. The minimum Gasteiger partial charge on any atom is -0.339 e. The molecule has 3 rings (SSSR count). The van der Waals surface area contributed by atoms with Crippen molar-refractivity contribution in [2.75, 3.05) is 33.7 Å². The number of fused-ring (bicyclic) bond motifs is 1. The number of aromatic nitrogens is 3. The Morgan fingerprint density at radius 1 is 1.29 bits per heavy atom. The summed E-state index contributed by atoms with van der Waals surface area (Å²) in [6, 6.07) is 1.70. The van der Waals surface area contributed by atoms with E-state index < -0.39 is 11.2 Å². The van der Waals surface area contributed by atoms with Gasteiger partial charge < -0.3 is 9.80 Å². The largest absolute Gasteiger partial charge is 0.339 e. The van der Waals surface area contributed by atoms with Gasteiger partial charge in [-0.25, -0.2) is 9.78 Å². The molecule has 0 bridgehead atoms. The monoisotopic (exact) mass is 387 g/mol. The maximum Gasteiger partial charge on any atom is 0.329 e. The van der Waals surface area contributed by atoms with Crippen molar-refractivity contribution >= 4 is 16.9 Å². The van der Waals surface area contributed by atoms with Gasteiger partial charge in [0.05, 0.1) is 10.9 Å². The van der Waals surface area contributed by atoms with Gasteiger partial charge in [-0.15, -0.1) is 0 Å². The van der Waals surface area contributed by atoms with Gasteiger partial charge in [-0.3, -0.25) is 19.1 Å². The molecule has 1 aliphatic rings. The Labute approximate surface area is 164 Å². The summed E-state index contributed by atoms with van der Waals surface area (Å²) < 4.78 is 1.29. The van der Waals surface area contributed by atoms with E-state index in [0.29, 0.717) is 36.7 Å². The van der Waals surface area contributed by atoms with E-state index in [1.54, 1.807) is 13.1 Å². The van der Waals surface area contributed by atoms with Crippen LogP contribution in [0.3, 0.4) is 0 Å². The van der Waals surface area contributed by atoms with Crippen molar-refractivity contribution in [2.45, 2.75) is 32.6 Å². The Bertz CT molecular complexity index is 984. The minimum absolute atomic E-state index is 0.155. The number of carbonyl (C=O) groups excluding carboxylic acids is 1. The fourth-order valence-electron chi connectivity index (χ4n) is 3.78. The number of H-pyrrole nitrogens is 1. The first-order valence-electron chi connectivity index (χ1n) is 9.88. The number of piperidine rings is 1. The number of rotatable bonds is 5. The van der Waals surface area contributed by atoms with Crippen molar-refractivity contribution in [3.05, 3.63) is 38.2 Å². The molecule has 0 spiro atoms. The first-order chi connectivity index (χ1) is 13.3. The van der Waals surface area contributed by atoms with E-state index in [0.717, 1.165) is 25.8 Å². The molecule has 28 heavy (non-hydrogen) atoms. The van der Waals surface area contributed by atoms with E-state index in [-0.39, 0.29) is 16.9 Å². The maximum atomic E-state index is 13.3. The van der Waals surface area contributed by atoms with Crippen LogP contribution in [0.25, 0.3) is 11.0 Å². The summed E-state index contributed by atoms with van der Waals surface area (Å²) >= 11 is 0. The molecule has 2 aromatic heterocycles. The normalized spacial score (nSPS) is 15.5. The molecule has 1 fully saturated rings. The van der Waals surface area contributed by atoms with Crippen LogP contribution >= 0.6 is 0 Å². The Morgan fingerprint density at radius 2 is 1.96 bits per heavy atom. The van der Waals surface area contributed by atoms with Crippen LogP contribution < -0.4 is 11.2 Å². The summed E-state index contributed by atoms with van der Waals surface area (Å²) in [5.41, 5.74) is 0.205. The average molecular weight is 387 g/mol. The fourth-order valence-corrected chi connectivity index (χ4v) is 3.78. The van der Waals surface area contributed by atoms with Gasteiger partial charge in [0, 0.05) is 25.8 Å². The van der Waals surface area contributed by atoms with Crippen LogP contribution in [0.2, 0.25) is 0 Å². The van der Waals surface area contributed by atoms with Crippen molar-refractivity contribution in [3.8, 4) is 0 Å². The number of amides is 1. The van der Waals surface area contributed by atoms with Crippen LogP contribution in [0.1, 0.15) is 42.2 Å². The molecule has 8 heteroatoms. The van der Waals surface area contributed by atoms with Gasteiger partial charge in [0.25, 0.3) is 11.5 Å². The number of pyridine rings is 1. The highest BCUT2D eigenvalue weighted by atomic mass is 16.2. The SMILES string of the molecule is CCc1cc(C(=O)N2CCC(CCN(C)C)CC2)c2c(=O)[nH]c(=O)n(C)c2n1. The van der Waals surface area contributed by atoms with Gasteiger partial charge in [-0.1, -0.05) is 6.92 Å². The molecule has 0 aromatic carbocycles. The summed E-state index contributed by atoms with van der Waals surface area (Å²) in [5.74, 6) is 0.466. The van der Waals surface area contributed by atoms with Crippen LogP contribution in [0, 0.1) is 5.92 Å². The van der Waals surface area contributed by atoms with Crippen LogP contribution in [0.15, 0.2) is 15.7 Å². The lowest BCUT2D eigenvalue weighted by molar-refractivity contribution is 0.0685. The Morgan fingerprint density at radius 3 is 2.57 bits per heavy atom. The van der Waals surface area contributed by atoms with E-state index in [2.05, 4.69) is 29.0 Å². The molecule has 0 radical (unpaired) electrons. The number of aromatic amines is 1. The quantitative estimate of drug-likeness (QED) is 0.826. The summed E-state index contributed by atoms with van der Waals surface area (Å²) in [6.07, 6.45) is 3.69. The summed E-state index contributed by atoms with van der Waals surface area (Å²) in [6.45, 7) is 4.36. The van der Waals surface area contributed by atoms with Gasteiger partial charge in [-0.05, 0) is 58.3 Å². The average Bonchev–Trinajstić information content (AvgIpc) is 2.69. The number of hydrogen-bond acceptors (Lipinski definition) is 5. The summed E-state index contributed by atoms with van der Waals surface area (Å²) in [5, 5.41) is 0.194. The van der Waals surface area contributed by atoms with Crippen molar-refractivity contribution in [1.82, 2.24) is 24.3 Å². The fraction of sp³-hybridized carbons (Fsp3) is 0.600. The second-order valence-electron chi connectivity index (χ2n) is 7.86. The van der Waals surface area contributed by atoms with Crippen molar-refractivity contribution in [1.29, 1.82) is 0 Å². The van der Waals surface area contributed by atoms with Gasteiger partial charge in [0.1, 0.15) is 5.65 Å². The third kappa shape index (κ3) is 4.01. The molecule has 3 heterocycles. The molecular formula is C20H29N5O3. The third-order valence-corrected chi connectivity index (χ3v) is 5.60. The smallest absolute Gasteiger partial charge is 0.329 e. The highest BCUT2D eigenvalue weighted by Crippen LogP contribution is 2.23. The number of aryl methyl sites for hydroxylation is 2. The maximum absolute atomic E-state index is 13.3. The predicted octanol–water partition coefficient (Wildman–Crippen LogP) is 0.988. The number of nitrogens with one attached hydrogen (secondary N) is 1. The van der Waals surface area contributed by atoms with E-state index in [1.165, 1.54) is 4.57 Å². The molecule has 0 unspecified atom stereocenters. The number of nitrogens with zero attached hydrogens (tertiary/aromatic N) is 4. The second kappa shape index (κ2) is 8.26. The van der Waals surface area contributed by atoms with Gasteiger partial charge in [0.2, 0.25) is 0 Å². The molecule has 1 aliphatic heterocycles. The lowest BCUT2D eigenvalue weighted by Crippen LogP contribution is -2.40. The van der Waals surface area contributed by atoms with Crippen LogP contribution in [-0.2, 0) is 13.5 Å². The van der Waals surface area contributed by atoms with Crippen LogP contribution in [-0.4, -0.2) is 64.0 Å². The highest BCUT2D eigenvalue weighted by Gasteiger charge is 2.26. The van der Waals surface area contributed by atoms with Crippen molar-refractivity contribution < 1.29 is 4.79 Å². The Kier molecular flexibility index (Phi) is 5.98. The van der Waals surface area contributed by atoms with Crippen LogP contribution in [0.5, 0.6) is 0 Å². The molecule has 152 valence electrons. The van der Waals surface area contributed by atoms with Gasteiger partial charge in [-0.2, -0.15) is 0 Å². The molecule has 0 saturated carbocycles. The molecule has 0 aliphatic carbocycles. The number of carbonyl (C=O) groups is 1.